The Hall–Kier alpha value is -3.27. The van der Waals surface area contributed by atoms with Crippen molar-refractivity contribution in [3.63, 3.8) is 0 Å². The Kier molecular flexibility index (Phi) is 5.77. The van der Waals surface area contributed by atoms with Gasteiger partial charge in [0.05, 0.1) is 0 Å². The van der Waals surface area contributed by atoms with Crippen molar-refractivity contribution >= 4 is 5.97 Å². The summed E-state index contributed by atoms with van der Waals surface area (Å²) in [5.41, 5.74) is 2.94. The smallest absolute Gasteiger partial charge is 0.345 e. The Morgan fingerprint density at radius 3 is 2.04 bits per heavy atom. The van der Waals surface area contributed by atoms with Crippen LogP contribution in [0, 0.1) is 13.8 Å². The molecule has 0 aliphatic rings. The molecule has 4 heteroatoms. The van der Waals surface area contributed by atoms with Crippen LogP contribution < -0.4 is 9.47 Å². The summed E-state index contributed by atoms with van der Waals surface area (Å²) in [4.78, 5) is 11.6. The molecule has 1 N–H and O–H groups in total. The number of aliphatic carboxylic acids is 1. The molecule has 0 radical (unpaired) electrons. The van der Waals surface area contributed by atoms with Crippen LogP contribution in [0.1, 0.15) is 16.7 Å². The lowest BCUT2D eigenvalue weighted by Crippen LogP contribution is -2.29. The SMILES string of the molecule is Cc1cc(C)cc(OC(Cc2ccc(Oc3ccccc3)cc2)C(=O)O)c1. The molecule has 27 heavy (non-hydrogen) atoms. The molecule has 0 spiro atoms. The molecule has 0 saturated carbocycles. The number of aryl methyl sites for hydroxylation is 2. The molecule has 0 bridgehead atoms. The third kappa shape index (κ3) is 5.35. The van der Waals surface area contributed by atoms with E-state index in [4.69, 9.17) is 9.47 Å². The first-order valence-electron chi connectivity index (χ1n) is 8.79. The number of carboxylic acids is 1. The van der Waals surface area contributed by atoms with E-state index in [2.05, 4.69) is 0 Å². The summed E-state index contributed by atoms with van der Waals surface area (Å²) in [6.45, 7) is 3.92. The van der Waals surface area contributed by atoms with Crippen molar-refractivity contribution in [3.8, 4) is 17.2 Å². The number of ether oxygens (including phenoxy) is 2. The Balaban J connectivity index is 1.68. The van der Waals surface area contributed by atoms with Gasteiger partial charge in [0.15, 0.2) is 6.10 Å². The van der Waals surface area contributed by atoms with Crippen molar-refractivity contribution < 1.29 is 19.4 Å². The van der Waals surface area contributed by atoms with Crippen molar-refractivity contribution in [2.24, 2.45) is 0 Å². The third-order valence-electron chi connectivity index (χ3n) is 4.07. The van der Waals surface area contributed by atoms with Crippen LogP contribution in [-0.4, -0.2) is 17.2 Å². The minimum absolute atomic E-state index is 0.272. The standard InChI is InChI=1S/C23H22O4/c1-16-12-17(2)14-21(13-16)27-22(23(24)25)15-18-8-10-20(11-9-18)26-19-6-4-3-5-7-19/h3-14,22H,15H2,1-2H3,(H,24,25). The molecule has 3 rings (SSSR count). The Bertz CT molecular complexity index is 881. The van der Waals surface area contributed by atoms with E-state index in [-0.39, 0.29) is 6.42 Å². The van der Waals surface area contributed by atoms with Crippen molar-refractivity contribution in [2.75, 3.05) is 0 Å². The van der Waals surface area contributed by atoms with Gasteiger partial charge in [-0.25, -0.2) is 4.79 Å². The van der Waals surface area contributed by atoms with E-state index in [0.29, 0.717) is 11.5 Å². The molecule has 0 fully saturated rings. The molecule has 0 saturated heterocycles. The number of hydrogen-bond acceptors (Lipinski definition) is 3. The Labute approximate surface area is 159 Å². The van der Waals surface area contributed by atoms with Gasteiger partial charge in [0.1, 0.15) is 17.2 Å². The highest BCUT2D eigenvalue weighted by molar-refractivity contribution is 5.73. The van der Waals surface area contributed by atoms with Crippen LogP contribution in [0.5, 0.6) is 17.2 Å². The topological polar surface area (TPSA) is 55.8 Å². The molecule has 138 valence electrons. The van der Waals surface area contributed by atoms with E-state index in [9.17, 15) is 9.90 Å². The fraction of sp³-hybridized carbons (Fsp3) is 0.174. The van der Waals surface area contributed by atoms with Gasteiger partial charge < -0.3 is 14.6 Å². The fourth-order valence-corrected chi connectivity index (χ4v) is 2.88. The number of rotatable bonds is 7. The van der Waals surface area contributed by atoms with Crippen molar-refractivity contribution in [2.45, 2.75) is 26.4 Å². The van der Waals surface area contributed by atoms with Crippen LogP contribution in [0.25, 0.3) is 0 Å². The zero-order valence-electron chi connectivity index (χ0n) is 15.4. The van der Waals surface area contributed by atoms with E-state index >= 15 is 0 Å². The summed E-state index contributed by atoms with van der Waals surface area (Å²) >= 11 is 0. The van der Waals surface area contributed by atoms with E-state index in [0.717, 1.165) is 22.4 Å². The number of carbonyl (C=O) groups is 1. The third-order valence-corrected chi connectivity index (χ3v) is 4.07. The van der Waals surface area contributed by atoms with Gasteiger partial charge in [0, 0.05) is 6.42 Å². The molecule has 1 atom stereocenters. The summed E-state index contributed by atoms with van der Waals surface area (Å²) in [6, 6.07) is 22.6. The quantitative estimate of drug-likeness (QED) is 0.630. The second-order valence-corrected chi connectivity index (χ2v) is 6.53. The zero-order chi connectivity index (χ0) is 19.2. The predicted octanol–water partition coefficient (Wildman–Crippen LogP) is 5.17. The van der Waals surface area contributed by atoms with Gasteiger partial charge in [-0.1, -0.05) is 36.4 Å². The van der Waals surface area contributed by atoms with E-state index < -0.39 is 12.1 Å². The highest BCUT2D eigenvalue weighted by Crippen LogP contribution is 2.23. The summed E-state index contributed by atoms with van der Waals surface area (Å²) in [5, 5.41) is 9.53. The summed E-state index contributed by atoms with van der Waals surface area (Å²) in [6.07, 6.45) is -0.680. The lowest BCUT2D eigenvalue weighted by atomic mass is 10.1. The average Bonchev–Trinajstić information content (AvgIpc) is 2.63. The van der Waals surface area contributed by atoms with E-state index in [1.807, 2.05) is 86.6 Å². The summed E-state index contributed by atoms with van der Waals surface area (Å²) in [5.74, 6) is 1.04. The number of carboxylic acid groups (broad SMARTS) is 1. The van der Waals surface area contributed by atoms with Crippen LogP contribution in [0.15, 0.2) is 72.8 Å². The van der Waals surface area contributed by atoms with Crippen molar-refractivity contribution in [3.05, 3.63) is 89.5 Å². The summed E-state index contributed by atoms with van der Waals surface area (Å²) in [7, 11) is 0. The van der Waals surface area contributed by atoms with Gasteiger partial charge in [-0.3, -0.25) is 0 Å². The molecule has 0 aliphatic heterocycles. The molecule has 0 heterocycles. The highest BCUT2D eigenvalue weighted by Gasteiger charge is 2.20. The maximum Gasteiger partial charge on any atom is 0.345 e. The summed E-state index contributed by atoms with van der Waals surface area (Å²) < 4.78 is 11.5. The van der Waals surface area contributed by atoms with E-state index in [1.54, 1.807) is 0 Å². The van der Waals surface area contributed by atoms with Crippen LogP contribution >= 0.6 is 0 Å². The lowest BCUT2D eigenvalue weighted by Gasteiger charge is -2.16. The maximum absolute atomic E-state index is 11.6. The van der Waals surface area contributed by atoms with E-state index in [1.165, 1.54) is 0 Å². The lowest BCUT2D eigenvalue weighted by molar-refractivity contribution is -0.145. The van der Waals surface area contributed by atoms with Crippen LogP contribution in [0.2, 0.25) is 0 Å². The molecular formula is C23H22O4. The monoisotopic (exact) mass is 362 g/mol. The first-order valence-corrected chi connectivity index (χ1v) is 8.79. The van der Waals surface area contributed by atoms with Crippen molar-refractivity contribution in [1.82, 2.24) is 0 Å². The van der Waals surface area contributed by atoms with Gasteiger partial charge in [0.2, 0.25) is 0 Å². The molecule has 1 unspecified atom stereocenters. The molecule has 3 aromatic rings. The van der Waals surface area contributed by atoms with Gasteiger partial charge in [0.25, 0.3) is 0 Å². The van der Waals surface area contributed by atoms with Crippen molar-refractivity contribution in [1.29, 1.82) is 0 Å². The fourth-order valence-electron chi connectivity index (χ4n) is 2.88. The molecular weight excluding hydrogens is 340 g/mol. The second kappa shape index (κ2) is 8.41. The minimum Gasteiger partial charge on any atom is -0.478 e. The van der Waals surface area contributed by atoms with Crippen LogP contribution in [0.4, 0.5) is 0 Å². The Morgan fingerprint density at radius 1 is 0.852 bits per heavy atom. The molecule has 4 nitrogen and oxygen atoms in total. The highest BCUT2D eigenvalue weighted by atomic mass is 16.5. The molecule has 0 aliphatic carbocycles. The molecule has 0 aromatic heterocycles. The predicted molar refractivity (Wildman–Crippen MR) is 105 cm³/mol. The van der Waals surface area contributed by atoms with Crippen LogP contribution in [-0.2, 0) is 11.2 Å². The number of hydrogen-bond donors (Lipinski definition) is 1. The molecule has 3 aromatic carbocycles. The van der Waals surface area contributed by atoms with Gasteiger partial charge >= 0.3 is 5.97 Å². The largest absolute Gasteiger partial charge is 0.478 e. The maximum atomic E-state index is 11.6. The second-order valence-electron chi connectivity index (χ2n) is 6.53. The first kappa shape index (κ1) is 18.5. The van der Waals surface area contributed by atoms with Gasteiger partial charge in [-0.2, -0.15) is 0 Å². The van der Waals surface area contributed by atoms with Crippen LogP contribution in [0.3, 0.4) is 0 Å². The number of para-hydroxylation sites is 1. The first-order chi connectivity index (χ1) is 13.0. The Morgan fingerprint density at radius 2 is 1.44 bits per heavy atom. The van der Waals surface area contributed by atoms with Gasteiger partial charge in [-0.15, -0.1) is 0 Å². The number of benzene rings is 3. The zero-order valence-corrected chi connectivity index (χ0v) is 15.4. The normalized spacial score (nSPS) is 11.6. The molecule has 0 amide bonds. The van der Waals surface area contributed by atoms with Gasteiger partial charge in [-0.05, 0) is 66.9 Å². The minimum atomic E-state index is -0.987. The average molecular weight is 362 g/mol.